The van der Waals surface area contributed by atoms with Crippen molar-refractivity contribution in [1.29, 1.82) is 0 Å². The van der Waals surface area contributed by atoms with Gasteiger partial charge in [-0.1, -0.05) is 11.6 Å². The highest BCUT2D eigenvalue weighted by molar-refractivity contribution is 9.10. The SMILES string of the molecule is Cc1ccc(Br)c(C(=O)NCCC(=O)NC2CC2)c1. The van der Waals surface area contributed by atoms with Crippen molar-refractivity contribution in [1.82, 2.24) is 10.6 Å². The maximum absolute atomic E-state index is 12.0. The van der Waals surface area contributed by atoms with Crippen molar-refractivity contribution in [2.45, 2.75) is 32.2 Å². The number of nitrogens with one attached hydrogen (secondary N) is 2. The van der Waals surface area contributed by atoms with Crippen LogP contribution < -0.4 is 10.6 Å². The Morgan fingerprint density at radius 1 is 1.37 bits per heavy atom. The molecule has 4 nitrogen and oxygen atoms in total. The predicted molar refractivity (Wildman–Crippen MR) is 77.0 cm³/mol. The summed E-state index contributed by atoms with van der Waals surface area (Å²) in [6.07, 6.45) is 2.48. The molecule has 0 saturated heterocycles. The van der Waals surface area contributed by atoms with E-state index in [-0.39, 0.29) is 11.8 Å². The third-order valence-electron chi connectivity index (χ3n) is 2.95. The summed E-state index contributed by atoms with van der Waals surface area (Å²) in [7, 11) is 0. The average molecular weight is 325 g/mol. The molecule has 1 fully saturated rings. The van der Waals surface area contributed by atoms with Gasteiger partial charge in [-0.2, -0.15) is 0 Å². The molecule has 102 valence electrons. The van der Waals surface area contributed by atoms with Crippen LogP contribution in [0, 0.1) is 6.92 Å². The van der Waals surface area contributed by atoms with Crippen LogP contribution in [0.4, 0.5) is 0 Å². The molecule has 0 spiro atoms. The topological polar surface area (TPSA) is 58.2 Å². The molecule has 0 radical (unpaired) electrons. The highest BCUT2D eigenvalue weighted by Gasteiger charge is 2.22. The predicted octanol–water partition coefficient (Wildman–Crippen LogP) is 2.16. The van der Waals surface area contributed by atoms with Gasteiger partial charge in [0.15, 0.2) is 0 Å². The summed E-state index contributed by atoms with van der Waals surface area (Å²) < 4.78 is 0.762. The number of rotatable bonds is 5. The van der Waals surface area contributed by atoms with Crippen molar-refractivity contribution < 1.29 is 9.59 Å². The quantitative estimate of drug-likeness (QED) is 0.872. The lowest BCUT2D eigenvalue weighted by atomic mass is 10.1. The molecule has 1 aliphatic rings. The van der Waals surface area contributed by atoms with Gasteiger partial charge in [-0.25, -0.2) is 0 Å². The van der Waals surface area contributed by atoms with E-state index in [1.54, 1.807) is 0 Å². The Hall–Kier alpha value is -1.36. The van der Waals surface area contributed by atoms with Gasteiger partial charge < -0.3 is 10.6 Å². The van der Waals surface area contributed by atoms with Crippen LogP contribution in [-0.2, 0) is 4.79 Å². The number of halogens is 1. The van der Waals surface area contributed by atoms with Crippen molar-refractivity contribution in [3.05, 3.63) is 33.8 Å². The smallest absolute Gasteiger partial charge is 0.252 e. The van der Waals surface area contributed by atoms with Gasteiger partial charge in [0.2, 0.25) is 5.91 Å². The van der Waals surface area contributed by atoms with Gasteiger partial charge in [0.05, 0.1) is 5.56 Å². The second-order valence-corrected chi connectivity index (χ2v) is 5.69. The van der Waals surface area contributed by atoms with Gasteiger partial charge in [0.1, 0.15) is 0 Å². The second-order valence-electron chi connectivity index (χ2n) is 4.83. The zero-order valence-electron chi connectivity index (χ0n) is 10.8. The molecule has 1 aromatic carbocycles. The lowest BCUT2D eigenvalue weighted by molar-refractivity contribution is -0.121. The number of amides is 2. The maximum atomic E-state index is 12.0. The van der Waals surface area contributed by atoms with Gasteiger partial charge >= 0.3 is 0 Å². The van der Waals surface area contributed by atoms with E-state index in [1.807, 2.05) is 25.1 Å². The minimum atomic E-state index is -0.158. The Kier molecular flexibility index (Phi) is 4.58. The molecule has 0 aliphatic heterocycles. The number of carbonyl (C=O) groups excluding carboxylic acids is 2. The fourth-order valence-corrected chi connectivity index (χ4v) is 2.15. The molecule has 2 rings (SSSR count). The average Bonchev–Trinajstić information content (AvgIpc) is 3.16. The van der Waals surface area contributed by atoms with Gasteiger partial charge in [-0.15, -0.1) is 0 Å². The minimum Gasteiger partial charge on any atom is -0.353 e. The molecule has 19 heavy (non-hydrogen) atoms. The molecule has 5 heteroatoms. The molecule has 1 aromatic rings. The van der Waals surface area contributed by atoms with Crippen molar-refractivity contribution in [2.24, 2.45) is 0 Å². The Morgan fingerprint density at radius 2 is 2.11 bits per heavy atom. The van der Waals surface area contributed by atoms with Crippen molar-refractivity contribution in [3.8, 4) is 0 Å². The third-order valence-corrected chi connectivity index (χ3v) is 3.64. The van der Waals surface area contributed by atoms with Crippen molar-refractivity contribution in [3.63, 3.8) is 0 Å². The van der Waals surface area contributed by atoms with E-state index in [2.05, 4.69) is 26.6 Å². The van der Waals surface area contributed by atoms with Crippen LogP contribution >= 0.6 is 15.9 Å². The van der Waals surface area contributed by atoms with Crippen LogP contribution in [0.15, 0.2) is 22.7 Å². The summed E-state index contributed by atoms with van der Waals surface area (Å²) >= 11 is 3.35. The van der Waals surface area contributed by atoms with E-state index < -0.39 is 0 Å². The summed E-state index contributed by atoms with van der Waals surface area (Å²) in [5.41, 5.74) is 1.63. The van der Waals surface area contributed by atoms with Gasteiger partial charge in [-0.3, -0.25) is 9.59 Å². The first-order valence-electron chi connectivity index (χ1n) is 6.40. The monoisotopic (exact) mass is 324 g/mol. The molecule has 0 aromatic heterocycles. The van der Waals surface area contributed by atoms with E-state index in [9.17, 15) is 9.59 Å². The van der Waals surface area contributed by atoms with Gasteiger partial charge in [0.25, 0.3) is 5.91 Å². The Morgan fingerprint density at radius 3 is 2.79 bits per heavy atom. The van der Waals surface area contributed by atoms with Gasteiger partial charge in [0, 0.05) is 23.5 Å². The minimum absolute atomic E-state index is 0.00566. The van der Waals surface area contributed by atoms with Crippen LogP contribution in [-0.4, -0.2) is 24.4 Å². The van der Waals surface area contributed by atoms with E-state index in [1.165, 1.54) is 0 Å². The molecule has 0 atom stereocenters. The summed E-state index contributed by atoms with van der Waals surface area (Å²) in [4.78, 5) is 23.4. The standard InChI is InChI=1S/C14H17BrN2O2/c1-9-2-5-12(15)11(8-9)14(19)16-7-6-13(18)17-10-3-4-10/h2,5,8,10H,3-4,6-7H2,1H3,(H,16,19)(H,17,18). The molecule has 0 unspecified atom stereocenters. The highest BCUT2D eigenvalue weighted by atomic mass is 79.9. The number of aryl methyl sites for hydroxylation is 1. The zero-order valence-corrected chi connectivity index (χ0v) is 12.4. The summed E-state index contributed by atoms with van der Waals surface area (Å²) in [5, 5.41) is 5.65. The summed E-state index contributed by atoms with van der Waals surface area (Å²) in [6.45, 7) is 2.30. The van der Waals surface area contributed by atoms with E-state index >= 15 is 0 Å². The van der Waals surface area contributed by atoms with E-state index in [0.29, 0.717) is 24.6 Å². The molecule has 2 amide bonds. The first kappa shape index (κ1) is 14.1. The van der Waals surface area contributed by atoms with Crippen LogP contribution in [0.1, 0.15) is 35.2 Å². The maximum Gasteiger partial charge on any atom is 0.252 e. The highest BCUT2D eigenvalue weighted by Crippen LogP contribution is 2.19. The van der Waals surface area contributed by atoms with Crippen LogP contribution in [0.2, 0.25) is 0 Å². The van der Waals surface area contributed by atoms with Crippen LogP contribution in [0.3, 0.4) is 0 Å². The number of hydrogen-bond acceptors (Lipinski definition) is 2. The van der Waals surface area contributed by atoms with Gasteiger partial charge in [-0.05, 0) is 47.8 Å². The summed E-state index contributed by atoms with van der Waals surface area (Å²) in [6, 6.07) is 5.98. The number of benzene rings is 1. The fraction of sp³-hybridized carbons (Fsp3) is 0.429. The number of hydrogen-bond donors (Lipinski definition) is 2. The lowest BCUT2D eigenvalue weighted by Gasteiger charge is -2.08. The van der Waals surface area contributed by atoms with Crippen LogP contribution in [0.25, 0.3) is 0 Å². The Balaban J connectivity index is 1.80. The fourth-order valence-electron chi connectivity index (χ4n) is 1.73. The molecule has 0 heterocycles. The Bertz CT molecular complexity index is 498. The van der Waals surface area contributed by atoms with Crippen molar-refractivity contribution in [2.75, 3.05) is 6.54 Å². The van der Waals surface area contributed by atoms with E-state index in [4.69, 9.17) is 0 Å². The van der Waals surface area contributed by atoms with Crippen LogP contribution in [0.5, 0.6) is 0 Å². The number of carbonyl (C=O) groups is 2. The summed E-state index contributed by atoms with van der Waals surface area (Å²) in [5.74, 6) is -0.152. The molecule has 1 saturated carbocycles. The molecule has 1 aliphatic carbocycles. The zero-order chi connectivity index (χ0) is 13.8. The molecular weight excluding hydrogens is 308 g/mol. The Labute approximate surface area is 121 Å². The molecular formula is C14H17BrN2O2. The normalized spacial score (nSPS) is 14.0. The third kappa shape index (κ3) is 4.35. The van der Waals surface area contributed by atoms with E-state index in [0.717, 1.165) is 22.9 Å². The largest absolute Gasteiger partial charge is 0.353 e. The second kappa shape index (κ2) is 6.19. The first-order chi connectivity index (χ1) is 9.06. The lowest BCUT2D eigenvalue weighted by Crippen LogP contribution is -2.31. The van der Waals surface area contributed by atoms with Crippen molar-refractivity contribution >= 4 is 27.7 Å². The molecule has 2 N–H and O–H groups in total. The first-order valence-corrected chi connectivity index (χ1v) is 7.19. The molecule has 0 bridgehead atoms.